The number of nitrogens with zero attached hydrogens (tertiary/aromatic N) is 2. The molecule has 0 amide bonds. The Morgan fingerprint density at radius 3 is 2.56 bits per heavy atom. The molecule has 2 aromatic carbocycles. The minimum absolute atomic E-state index is 0.00702. The first-order chi connectivity index (χ1) is 16.5. The molecule has 0 aliphatic carbocycles. The molecule has 0 saturated carbocycles. The van der Waals surface area contributed by atoms with Crippen molar-refractivity contribution in [1.29, 1.82) is 0 Å². The molecule has 0 bridgehead atoms. The van der Waals surface area contributed by atoms with Crippen LogP contribution in [0.25, 0.3) is 5.69 Å². The van der Waals surface area contributed by atoms with Crippen molar-refractivity contribution in [3.05, 3.63) is 75.7 Å². The Balaban J connectivity index is 1.72. The number of aromatic amines is 1. The standard InChI is InChI=1S/C24H26N4O5S/c1-4-33-23(30)21-18(22(29)28(27-21)17-8-6-5-7-9-17)15-26-24(34)25-13-12-16-10-11-19(31-2)20(14-16)32-3/h5-11,14-15,27H,4,12-13H2,1-3H3,(H,25,34). The van der Waals surface area contributed by atoms with Crippen molar-refractivity contribution < 1.29 is 19.0 Å². The fourth-order valence-corrected chi connectivity index (χ4v) is 3.36. The molecule has 34 heavy (non-hydrogen) atoms. The van der Waals surface area contributed by atoms with Gasteiger partial charge >= 0.3 is 5.97 Å². The van der Waals surface area contributed by atoms with Gasteiger partial charge in [-0.1, -0.05) is 24.3 Å². The van der Waals surface area contributed by atoms with Crippen LogP contribution < -0.4 is 20.3 Å². The molecule has 0 aliphatic rings. The van der Waals surface area contributed by atoms with Gasteiger partial charge in [-0.15, -0.1) is 0 Å². The number of esters is 1. The van der Waals surface area contributed by atoms with Crippen LogP contribution in [0.1, 0.15) is 28.5 Å². The predicted molar refractivity (Wildman–Crippen MR) is 134 cm³/mol. The summed E-state index contributed by atoms with van der Waals surface area (Å²) < 4.78 is 16.9. The van der Waals surface area contributed by atoms with Crippen molar-refractivity contribution in [3.8, 4) is 17.2 Å². The monoisotopic (exact) mass is 482 g/mol. The molecule has 0 radical (unpaired) electrons. The van der Waals surface area contributed by atoms with Crippen LogP contribution in [0, 0.1) is 0 Å². The molecule has 0 atom stereocenters. The fourth-order valence-electron chi connectivity index (χ4n) is 3.21. The molecule has 9 nitrogen and oxygen atoms in total. The maximum atomic E-state index is 13.0. The highest BCUT2D eigenvalue weighted by Gasteiger charge is 2.21. The Morgan fingerprint density at radius 1 is 1.15 bits per heavy atom. The lowest BCUT2D eigenvalue weighted by molar-refractivity contribution is 0.0519. The Bertz CT molecular complexity index is 1230. The minimum atomic E-state index is -0.650. The summed E-state index contributed by atoms with van der Waals surface area (Å²) in [6.45, 7) is 2.37. The molecule has 0 aliphatic heterocycles. The van der Waals surface area contributed by atoms with E-state index in [0.717, 1.165) is 5.56 Å². The lowest BCUT2D eigenvalue weighted by Crippen LogP contribution is -2.23. The summed E-state index contributed by atoms with van der Waals surface area (Å²) in [6.07, 6.45) is 1.94. The third kappa shape index (κ3) is 5.90. The van der Waals surface area contributed by atoms with Gasteiger partial charge in [0.1, 0.15) is 0 Å². The summed E-state index contributed by atoms with van der Waals surface area (Å²) in [5.74, 6) is 0.654. The minimum Gasteiger partial charge on any atom is -0.493 e. The highest BCUT2D eigenvalue weighted by Crippen LogP contribution is 2.27. The van der Waals surface area contributed by atoms with Crippen molar-refractivity contribution in [2.75, 3.05) is 27.4 Å². The number of para-hydroxylation sites is 1. The highest BCUT2D eigenvalue weighted by molar-refractivity contribution is 7.80. The number of benzene rings is 2. The maximum Gasteiger partial charge on any atom is 0.357 e. The van der Waals surface area contributed by atoms with Gasteiger partial charge in [-0.3, -0.25) is 9.89 Å². The summed E-state index contributed by atoms with van der Waals surface area (Å²) in [5, 5.41) is 6.02. The number of H-pyrrole nitrogens is 1. The molecule has 1 heterocycles. The molecular formula is C24H26N4O5S. The topological polar surface area (TPSA) is 107 Å². The van der Waals surface area contributed by atoms with Crippen molar-refractivity contribution in [2.24, 2.45) is 4.99 Å². The number of aromatic nitrogens is 2. The van der Waals surface area contributed by atoms with Crippen molar-refractivity contribution >= 4 is 29.5 Å². The quantitative estimate of drug-likeness (QED) is 0.274. The van der Waals surface area contributed by atoms with Crippen LogP contribution in [0.3, 0.4) is 0 Å². The second kappa shape index (κ2) is 11.8. The lowest BCUT2D eigenvalue weighted by atomic mass is 10.1. The predicted octanol–water partition coefficient (Wildman–Crippen LogP) is 2.90. The first-order valence-corrected chi connectivity index (χ1v) is 11.0. The number of hydrogen-bond donors (Lipinski definition) is 2. The number of aliphatic imine (C=N–C) groups is 1. The molecule has 3 rings (SSSR count). The summed E-state index contributed by atoms with van der Waals surface area (Å²) in [6, 6.07) is 14.6. The summed E-state index contributed by atoms with van der Waals surface area (Å²) in [5.41, 5.74) is 1.23. The van der Waals surface area contributed by atoms with Crippen molar-refractivity contribution in [3.63, 3.8) is 0 Å². The highest BCUT2D eigenvalue weighted by atomic mass is 32.1. The number of rotatable bonds is 9. The summed E-state index contributed by atoms with van der Waals surface area (Å²) >= 11 is 5.27. The maximum absolute atomic E-state index is 13.0. The van der Waals surface area contributed by atoms with E-state index in [1.54, 1.807) is 45.4 Å². The van der Waals surface area contributed by atoms with E-state index in [1.165, 1.54) is 10.9 Å². The van der Waals surface area contributed by atoms with E-state index in [-0.39, 0.29) is 23.0 Å². The number of ether oxygens (including phenoxy) is 3. The SMILES string of the molecule is CCOC(=O)c1[nH]n(-c2ccccc2)c(=O)c1C=NC(=S)NCCc1ccc(OC)c(OC)c1. The van der Waals surface area contributed by atoms with Crippen LogP contribution in [0.2, 0.25) is 0 Å². The number of hydrogen-bond acceptors (Lipinski definition) is 6. The number of carbonyl (C=O) groups excluding carboxylic acids is 1. The van der Waals surface area contributed by atoms with Gasteiger partial charge in [0.25, 0.3) is 5.56 Å². The molecule has 1 aromatic heterocycles. The Morgan fingerprint density at radius 2 is 1.88 bits per heavy atom. The van der Waals surface area contributed by atoms with Gasteiger partial charge in [0.2, 0.25) is 0 Å². The van der Waals surface area contributed by atoms with Crippen LogP contribution in [-0.2, 0) is 11.2 Å². The molecular weight excluding hydrogens is 456 g/mol. The van der Waals surface area contributed by atoms with Gasteiger partial charge in [-0.25, -0.2) is 14.5 Å². The molecule has 0 fully saturated rings. The van der Waals surface area contributed by atoms with Gasteiger partial charge in [-0.05, 0) is 55.4 Å². The Kier molecular flexibility index (Phi) is 8.58. The van der Waals surface area contributed by atoms with Crippen LogP contribution in [0.5, 0.6) is 11.5 Å². The van der Waals surface area contributed by atoms with E-state index in [0.29, 0.717) is 30.2 Å². The first kappa shape index (κ1) is 24.7. The lowest BCUT2D eigenvalue weighted by Gasteiger charge is -2.10. The second-order valence-corrected chi connectivity index (χ2v) is 7.41. The second-order valence-electron chi connectivity index (χ2n) is 7.03. The third-order valence-electron chi connectivity index (χ3n) is 4.87. The molecule has 178 valence electrons. The zero-order valence-electron chi connectivity index (χ0n) is 19.2. The molecule has 10 heteroatoms. The molecule has 2 N–H and O–H groups in total. The van der Waals surface area contributed by atoms with E-state index >= 15 is 0 Å². The third-order valence-corrected chi connectivity index (χ3v) is 5.12. The van der Waals surface area contributed by atoms with E-state index in [9.17, 15) is 9.59 Å². The van der Waals surface area contributed by atoms with Crippen LogP contribution in [-0.4, -0.2) is 54.4 Å². The van der Waals surface area contributed by atoms with Gasteiger partial charge < -0.3 is 19.5 Å². The van der Waals surface area contributed by atoms with Crippen LogP contribution >= 0.6 is 12.2 Å². The van der Waals surface area contributed by atoms with E-state index in [1.807, 2.05) is 24.3 Å². The Labute approximate surface area is 202 Å². The van der Waals surface area contributed by atoms with Crippen LogP contribution in [0.15, 0.2) is 58.3 Å². The molecule has 0 unspecified atom stereocenters. The van der Waals surface area contributed by atoms with Gasteiger partial charge in [0, 0.05) is 12.8 Å². The number of carbonyl (C=O) groups is 1. The fraction of sp³-hybridized carbons (Fsp3) is 0.250. The normalized spacial score (nSPS) is 10.8. The van der Waals surface area contributed by atoms with E-state index in [4.69, 9.17) is 26.4 Å². The smallest absolute Gasteiger partial charge is 0.357 e. The number of nitrogens with one attached hydrogen (secondary N) is 2. The van der Waals surface area contributed by atoms with E-state index in [2.05, 4.69) is 15.4 Å². The Hall–Kier alpha value is -3.92. The molecule has 0 saturated heterocycles. The van der Waals surface area contributed by atoms with Gasteiger partial charge in [-0.2, -0.15) is 0 Å². The van der Waals surface area contributed by atoms with Gasteiger partial charge in [0.05, 0.1) is 32.1 Å². The summed E-state index contributed by atoms with van der Waals surface area (Å²) in [7, 11) is 3.17. The molecule has 0 spiro atoms. The zero-order chi connectivity index (χ0) is 24.5. The van der Waals surface area contributed by atoms with Crippen molar-refractivity contribution in [1.82, 2.24) is 15.1 Å². The summed E-state index contributed by atoms with van der Waals surface area (Å²) in [4.78, 5) is 29.5. The first-order valence-electron chi connectivity index (χ1n) is 10.6. The number of thiocarbonyl (C=S) groups is 1. The molecule has 3 aromatic rings. The van der Waals surface area contributed by atoms with Gasteiger partial charge in [0.15, 0.2) is 22.3 Å². The van der Waals surface area contributed by atoms with Crippen molar-refractivity contribution in [2.45, 2.75) is 13.3 Å². The van der Waals surface area contributed by atoms with Crippen LogP contribution in [0.4, 0.5) is 0 Å². The number of methoxy groups -OCH3 is 2. The van der Waals surface area contributed by atoms with E-state index < -0.39 is 11.5 Å². The largest absolute Gasteiger partial charge is 0.493 e. The average molecular weight is 483 g/mol. The zero-order valence-corrected chi connectivity index (χ0v) is 20.0. The average Bonchev–Trinajstić information content (AvgIpc) is 3.19.